The van der Waals surface area contributed by atoms with Crippen LogP contribution in [0.3, 0.4) is 0 Å². The first-order valence-corrected chi connectivity index (χ1v) is 8.03. The molecule has 1 nitrogen and oxygen atoms in total. The lowest BCUT2D eigenvalue weighted by Crippen LogP contribution is -2.12. The fraction of sp³-hybridized carbons (Fsp3) is 0.250. The Labute approximate surface area is 127 Å². The van der Waals surface area contributed by atoms with Crippen LogP contribution in [0.5, 0.6) is 0 Å². The van der Waals surface area contributed by atoms with E-state index in [-0.39, 0.29) is 0 Å². The Hall–Kier alpha value is -0.770. The van der Waals surface area contributed by atoms with Crippen LogP contribution in [0.2, 0.25) is 0 Å². The van der Waals surface area contributed by atoms with Gasteiger partial charge in [-0.2, -0.15) is 0 Å². The van der Waals surface area contributed by atoms with E-state index in [0.717, 1.165) is 17.6 Å². The van der Waals surface area contributed by atoms with Crippen LogP contribution in [0, 0.1) is 6.92 Å². The number of nitrogens with one attached hydrogen (secondary N) is 1. The SMILES string of the molecule is CCNCc1cc(C)ccc1Sc1ccc(Br)cc1. The quantitative estimate of drug-likeness (QED) is 0.823. The average Bonchev–Trinajstić information content (AvgIpc) is 2.41. The van der Waals surface area contributed by atoms with Gasteiger partial charge in [0.2, 0.25) is 0 Å². The van der Waals surface area contributed by atoms with Crippen LogP contribution < -0.4 is 5.32 Å². The number of halogens is 1. The summed E-state index contributed by atoms with van der Waals surface area (Å²) in [6, 6.07) is 15.1. The summed E-state index contributed by atoms with van der Waals surface area (Å²) in [6.07, 6.45) is 0. The molecule has 2 aromatic carbocycles. The van der Waals surface area contributed by atoms with Gasteiger partial charge in [0, 0.05) is 20.8 Å². The maximum atomic E-state index is 3.47. The highest BCUT2D eigenvalue weighted by Gasteiger charge is 2.05. The molecule has 0 saturated heterocycles. The molecule has 0 aliphatic heterocycles. The van der Waals surface area contributed by atoms with E-state index >= 15 is 0 Å². The summed E-state index contributed by atoms with van der Waals surface area (Å²) < 4.78 is 1.12. The van der Waals surface area contributed by atoms with Gasteiger partial charge < -0.3 is 5.32 Å². The molecule has 0 spiro atoms. The number of hydrogen-bond donors (Lipinski definition) is 1. The van der Waals surface area contributed by atoms with Crippen molar-refractivity contribution in [3.63, 3.8) is 0 Å². The van der Waals surface area contributed by atoms with Crippen molar-refractivity contribution in [3.8, 4) is 0 Å². The molecular formula is C16H18BrNS. The number of hydrogen-bond acceptors (Lipinski definition) is 2. The topological polar surface area (TPSA) is 12.0 Å². The highest BCUT2D eigenvalue weighted by molar-refractivity contribution is 9.10. The van der Waals surface area contributed by atoms with Gasteiger partial charge in [0.25, 0.3) is 0 Å². The second-order valence-corrected chi connectivity index (χ2v) is 6.48. The van der Waals surface area contributed by atoms with Gasteiger partial charge in [0.05, 0.1) is 0 Å². The number of benzene rings is 2. The standard InChI is InChI=1S/C16H18BrNS/c1-3-18-11-13-10-12(2)4-9-16(13)19-15-7-5-14(17)6-8-15/h4-10,18H,3,11H2,1-2H3. The zero-order valence-corrected chi connectivity index (χ0v) is 13.6. The van der Waals surface area contributed by atoms with E-state index < -0.39 is 0 Å². The van der Waals surface area contributed by atoms with Crippen molar-refractivity contribution in [2.75, 3.05) is 6.54 Å². The first-order chi connectivity index (χ1) is 9.19. The maximum Gasteiger partial charge on any atom is 0.0216 e. The molecule has 0 aromatic heterocycles. The highest BCUT2D eigenvalue weighted by atomic mass is 79.9. The second kappa shape index (κ2) is 7.13. The van der Waals surface area contributed by atoms with Gasteiger partial charge in [-0.15, -0.1) is 0 Å². The van der Waals surface area contributed by atoms with Gasteiger partial charge in [-0.25, -0.2) is 0 Å². The summed E-state index contributed by atoms with van der Waals surface area (Å²) in [5.74, 6) is 0. The molecule has 2 aromatic rings. The molecule has 0 aliphatic rings. The van der Waals surface area contributed by atoms with Crippen LogP contribution in [0.4, 0.5) is 0 Å². The predicted molar refractivity (Wildman–Crippen MR) is 86.8 cm³/mol. The lowest BCUT2D eigenvalue weighted by molar-refractivity contribution is 0.717. The molecule has 0 fully saturated rings. The Morgan fingerprint density at radius 1 is 1.11 bits per heavy atom. The molecule has 0 amide bonds. The second-order valence-electron chi connectivity index (χ2n) is 4.45. The Morgan fingerprint density at radius 2 is 1.84 bits per heavy atom. The summed E-state index contributed by atoms with van der Waals surface area (Å²) in [7, 11) is 0. The molecule has 0 radical (unpaired) electrons. The van der Waals surface area contributed by atoms with E-state index in [1.165, 1.54) is 20.9 Å². The third kappa shape index (κ3) is 4.37. The normalized spacial score (nSPS) is 10.7. The minimum Gasteiger partial charge on any atom is -0.313 e. The number of rotatable bonds is 5. The molecule has 0 saturated carbocycles. The Kier molecular flexibility index (Phi) is 5.49. The third-order valence-electron chi connectivity index (χ3n) is 2.82. The molecule has 0 unspecified atom stereocenters. The molecular weight excluding hydrogens is 318 g/mol. The van der Waals surface area contributed by atoms with Gasteiger partial charge in [-0.3, -0.25) is 0 Å². The van der Waals surface area contributed by atoms with Gasteiger partial charge in [-0.1, -0.05) is 52.3 Å². The van der Waals surface area contributed by atoms with E-state index in [4.69, 9.17) is 0 Å². The van der Waals surface area contributed by atoms with Gasteiger partial charge in [-0.05, 0) is 49.4 Å². The molecule has 0 bridgehead atoms. The first kappa shape index (κ1) is 14.6. The zero-order valence-electron chi connectivity index (χ0n) is 11.2. The van der Waals surface area contributed by atoms with Crippen molar-refractivity contribution in [3.05, 3.63) is 58.1 Å². The first-order valence-electron chi connectivity index (χ1n) is 6.42. The van der Waals surface area contributed by atoms with Crippen LogP contribution in [-0.4, -0.2) is 6.54 Å². The van der Waals surface area contributed by atoms with Crippen molar-refractivity contribution >= 4 is 27.7 Å². The molecule has 19 heavy (non-hydrogen) atoms. The average molecular weight is 336 g/mol. The minimum atomic E-state index is 0.928. The zero-order chi connectivity index (χ0) is 13.7. The largest absolute Gasteiger partial charge is 0.313 e. The van der Waals surface area contributed by atoms with Crippen molar-refractivity contribution in [1.29, 1.82) is 0 Å². The summed E-state index contributed by atoms with van der Waals surface area (Å²) in [4.78, 5) is 2.60. The Bertz CT molecular complexity index is 537. The van der Waals surface area contributed by atoms with E-state index in [1.54, 1.807) is 0 Å². The van der Waals surface area contributed by atoms with Gasteiger partial charge in [0.15, 0.2) is 0 Å². The Morgan fingerprint density at radius 3 is 2.53 bits per heavy atom. The lowest BCUT2D eigenvalue weighted by atomic mass is 10.1. The summed E-state index contributed by atoms with van der Waals surface area (Å²) in [5.41, 5.74) is 2.68. The Balaban J connectivity index is 2.20. The summed E-state index contributed by atoms with van der Waals surface area (Å²) in [5, 5.41) is 3.41. The minimum absolute atomic E-state index is 0.928. The fourth-order valence-electron chi connectivity index (χ4n) is 1.84. The van der Waals surface area contributed by atoms with E-state index in [9.17, 15) is 0 Å². The molecule has 3 heteroatoms. The maximum absolute atomic E-state index is 3.47. The molecule has 1 N–H and O–H groups in total. The molecule has 2 rings (SSSR count). The molecule has 0 atom stereocenters. The monoisotopic (exact) mass is 335 g/mol. The van der Waals surface area contributed by atoms with Crippen molar-refractivity contribution in [1.82, 2.24) is 5.32 Å². The predicted octanol–water partition coefficient (Wildman–Crippen LogP) is 5.02. The van der Waals surface area contributed by atoms with Crippen LogP contribution in [0.15, 0.2) is 56.7 Å². The molecule has 100 valence electrons. The van der Waals surface area contributed by atoms with Crippen molar-refractivity contribution < 1.29 is 0 Å². The van der Waals surface area contributed by atoms with E-state index in [0.29, 0.717) is 0 Å². The summed E-state index contributed by atoms with van der Waals surface area (Å²) in [6.45, 7) is 6.20. The molecule has 0 heterocycles. The number of aryl methyl sites for hydroxylation is 1. The van der Waals surface area contributed by atoms with Gasteiger partial charge >= 0.3 is 0 Å². The van der Waals surface area contributed by atoms with Crippen molar-refractivity contribution in [2.24, 2.45) is 0 Å². The van der Waals surface area contributed by atoms with Crippen LogP contribution >= 0.6 is 27.7 Å². The lowest BCUT2D eigenvalue weighted by Gasteiger charge is -2.11. The van der Waals surface area contributed by atoms with Crippen molar-refractivity contribution in [2.45, 2.75) is 30.2 Å². The molecule has 0 aliphatic carbocycles. The summed E-state index contributed by atoms with van der Waals surface area (Å²) >= 11 is 5.29. The van der Waals surface area contributed by atoms with Crippen LogP contribution in [0.1, 0.15) is 18.1 Å². The highest BCUT2D eigenvalue weighted by Crippen LogP contribution is 2.31. The van der Waals surface area contributed by atoms with Crippen LogP contribution in [0.25, 0.3) is 0 Å². The fourth-order valence-corrected chi connectivity index (χ4v) is 3.02. The third-order valence-corrected chi connectivity index (χ3v) is 4.48. The van der Waals surface area contributed by atoms with E-state index in [2.05, 4.69) is 77.6 Å². The van der Waals surface area contributed by atoms with Gasteiger partial charge in [0.1, 0.15) is 0 Å². The smallest absolute Gasteiger partial charge is 0.0216 e. The van der Waals surface area contributed by atoms with E-state index in [1.807, 2.05) is 11.8 Å². The van der Waals surface area contributed by atoms with Crippen LogP contribution in [-0.2, 0) is 6.54 Å².